The Bertz CT molecular complexity index is 587. The lowest BCUT2D eigenvalue weighted by atomic mass is 9.97. The Morgan fingerprint density at radius 2 is 1.85 bits per heavy atom. The van der Waals surface area contributed by atoms with Crippen molar-refractivity contribution < 1.29 is 18.3 Å². The van der Waals surface area contributed by atoms with E-state index in [0.717, 1.165) is 0 Å². The molecule has 0 fully saturated rings. The van der Waals surface area contributed by atoms with Crippen LogP contribution >= 0.6 is 11.6 Å². The van der Waals surface area contributed by atoms with Gasteiger partial charge in [0.05, 0.1) is 16.4 Å². The molecule has 0 heterocycles. The Kier molecular flexibility index (Phi) is 5.21. The van der Waals surface area contributed by atoms with Crippen molar-refractivity contribution in [3.63, 3.8) is 0 Å². The number of carboxylic acid groups (broad SMARTS) is 1. The molecule has 1 N–H and O–H groups in total. The number of rotatable bonds is 5. The molecule has 4 nitrogen and oxygen atoms in total. The first-order valence-corrected chi connectivity index (χ1v) is 8.29. The fourth-order valence-electron chi connectivity index (χ4n) is 1.75. The number of carboxylic acids is 1. The predicted octanol–water partition coefficient (Wildman–Crippen LogP) is 3.11. The van der Waals surface area contributed by atoms with Crippen LogP contribution in [0.5, 0.6) is 0 Å². The normalized spacial score (nSPS) is 14.0. The topological polar surface area (TPSA) is 71.4 Å². The van der Waals surface area contributed by atoms with Gasteiger partial charge in [-0.1, -0.05) is 29.8 Å². The lowest BCUT2D eigenvalue weighted by molar-refractivity contribution is -0.138. The summed E-state index contributed by atoms with van der Waals surface area (Å²) in [7, 11) is -3.35. The molecule has 0 aromatic heterocycles. The molecule has 0 aliphatic rings. The van der Waals surface area contributed by atoms with Crippen LogP contribution in [0.4, 0.5) is 0 Å². The highest BCUT2D eigenvalue weighted by Gasteiger charge is 2.31. The predicted molar refractivity (Wildman–Crippen MR) is 80.0 cm³/mol. The highest BCUT2D eigenvalue weighted by atomic mass is 35.5. The second-order valence-corrected chi connectivity index (χ2v) is 8.90. The summed E-state index contributed by atoms with van der Waals surface area (Å²) in [6.07, 6.45) is 0.0126. The Morgan fingerprint density at radius 1 is 1.30 bits per heavy atom. The zero-order chi connectivity index (χ0) is 15.6. The lowest BCUT2D eigenvalue weighted by Crippen LogP contribution is -2.31. The van der Waals surface area contributed by atoms with Crippen LogP contribution in [0.1, 0.15) is 38.7 Å². The monoisotopic (exact) mass is 318 g/mol. The van der Waals surface area contributed by atoms with Crippen molar-refractivity contribution in [2.45, 2.75) is 37.9 Å². The van der Waals surface area contributed by atoms with Crippen molar-refractivity contribution in [1.29, 1.82) is 0 Å². The van der Waals surface area contributed by atoms with Crippen LogP contribution in [0.3, 0.4) is 0 Å². The minimum Gasteiger partial charge on any atom is -0.481 e. The number of benzene rings is 1. The average molecular weight is 319 g/mol. The highest BCUT2D eigenvalue weighted by Crippen LogP contribution is 2.29. The van der Waals surface area contributed by atoms with Gasteiger partial charge in [0.1, 0.15) is 0 Å². The van der Waals surface area contributed by atoms with Crippen LogP contribution < -0.4 is 0 Å². The summed E-state index contributed by atoms with van der Waals surface area (Å²) < 4.78 is 23.2. The van der Waals surface area contributed by atoms with E-state index in [2.05, 4.69) is 0 Å². The molecule has 1 aromatic carbocycles. The molecule has 1 aromatic rings. The summed E-state index contributed by atoms with van der Waals surface area (Å²) in [5, 5.41) is 9.64. The molecule has 0 radical (unpaired) electrons. The van der Waals surface area contributed by atoms with Crippen LogP contribution in [0.2, 0.25) is 5.02 Å². The second-order valence-electron chi connectivity index (χ2n) is 5.63. The first kappa shape index (κ1) is 17.0. The average Bonchev–Trinajstić information content (AvgIpc) is 2.29. The van der Waals surface area contributed by atoms with E-state index in [9.17, 15) is 18.3 Å². The summed E-state index contributed by atoms with van der Waals surface area (Å²) in [4.78, 5) is 11.4. The Labute approximate surface area is 124 Å². The molecule has 112 valence electrons. The molecule has 0 spiro atoms. The van der Waals surface area contributed by atoms with Gasteiger partial charge >= 0.3 is 5.97 Å². The molecule has 1 unspecified atom stereocenters. The van der Waals surface area contributed by atoms with Crippen molar-refractivity contribution >= 4 is 27.4 Å². The highest BCUT2D eigenvalue weighted by molar-refractivity contribution is 7.92. The van der Waals surface area contributed by atoms with Gasteiger partial charge in [0, 0.05) is 5.02 Å². The van der Waals surface area contributed by atoms with E-state index in [1.807, 2.05) is 0 Å². The number of sulfone groups is 1. The maximum atomic E-state index is 12.1. The summed E-state index contributed by atoms with van der Waals surface area (Å²) in [6, 6.07) is 6.61. The fourth-order valence-corrected chi connectivity index (χ4v) is 3.17. The van der Waals surface area contributed by atoms with Gasteiger partial charge in [0.15, 0.2) is 9.84 Å². The van der Waals surface area contributed by atoms with Crippen molar-refractivity contribution in [3.05, 3.63) is 34.9 Å². The lowest BCUT2D eigenvalue weighted by Gasteiger charge is -2.21. The first-order chi connectivity index (χ1) is 9.06. The molecule has 0 aliphatic carbocycles. The third kappa shape index (κ3) is 3.96. The van der Waals surface area contributed by atoms with Gasteiger partial charge < -0.3 is 5.11 Å². The summed E-state index contributed by atoms with van der Waals surface area (Å²) in [5.41, 5.74) is 0.450. The summed E-state index contributed by atoms with van der Waals surface area (Å²) in [5.74, 6) is -2.17. The van der Waals surface area contributed by atoms with Crippen molar-refractivity contribution in [2.75, 3.05) is 5.75 Å². The quantitative estimate of drug-likeness (QED) is 0.905. The molecular weight excluding hydrogens is 300 g/mol. The standard InChI is InChI=1S/C14H19ClO4S/c1-14(2,3)20(18,19)9-8-11(13(16)17)10-6-4-5-7-12(10)15/h4-7,11H,8-9H2,1-3H3,(H,16,17). The van der Waals surface area contributed by atoms with E-state index in [4.69, 9.17) is 11.6 Å². The van der Waals surface area contributed by atoms with Gasteiger partial charge in [0.25, 0.3) is 0 Å². The second kappa shape index (κ2) is 6.14. The number of hydrogen-bond acceptors (Lipinski definition) is 3. The Balaban J connectivity index is 2.98. The number of aliphatic carboxylic acids is 1. The maximum Gasteiger partial charge on any atom is 0.311 e. The van der Waals surface area contributed by atoms with E-state index in [0.29, 0.717) is 10.6 Å². The molecule has 20 heavy (non-hydrogen) atoms. The molecule has 0 aliphatic heterocycles. The van der Waals surface area contributed by atoms with Gasteiger partial charge in [0.2, 0.25) is 0 Å². The van der Waals surface area contributed by atoms with E-state index >= 15 is 0 Å². The maximum absolute atomic E-state index is 12.1. The zero-order valence-corrected chi connectivity index (χ0v) is 13.3. The van der Waals surface area contributed by atoms with Crippen molar-refractivity contribution in [2.24, 2.45) is 0 Å². The fraction of sp³-hybridized carbons (Fsp3) is 0.500. The van der Waals surface area contributed by atoms with Gasteiger partial charge in [-0.3, -0.25) is 4.79 Å². The van der Waals surface area contributed by atoms with Crippen LogP contribution in [-0.2, 0) is 14.6 Å². The number of hydrogen-bond donors (Lipinski definition) is 1. The van der Waals surface area contributed by atoms with Crippen molar-refractivity contribution in [1.82, 2.24) is 0 Å². The molecule has 6 heteroatoms. The van der Waals surface area contributed by atoms with Crippen LogP contribution in [0.25, 0.3) is 0 Å². The number of halogens is 1. The van der Waals surface area contributed by atoms with Gasteiger partial charge in [-0.05, 0) is 38.8 Å². The molecule has 0 bridgehead atoms. The van der Waals surface area contributed by atoms with Gasteiger partial charge in [-0.2, -0.15) is 0 Å². The Morgan fingerprint density at radius 3 is 2.30 bits per heavy atom. The molecule has 0 saturated carbocycles. The number of carbonyl (C=O) groups is 1. The van der Waals surface area contributed by atoms with E-state index in [1.165, 1.54) is 0 Å². The summed E-state index contributed by atoms with van der Waals surface area (Å²) in [6.45, 7) is 4.81. The van der Waals surface area contributed by atoms with E-state index < -0.39 is 26.5 Å². The minimum absolute atomic E-state index is 0.0126. The van der Waals surface area contributed by atoms with Crippen LogP contribution in [0.15, 0.2) is 24.3 Å². The third-order valence-electron chi connectivity index (χ3n) is 3.19. The van der Waals surface area contributed by atoms with Crippen LogP contribution in [-0.4, -0.2) is 30.0 Å². The SMILES string of the molecule is CC(C)(C)S(=O)(=O)CCC(C(=O)O)c1ccccc1Cl. The smallest absolute Gasteiger partial charge is 0.311 e. The largest absolute Gasteiger partial charge is 0.481 e. The molecule has 1 rings (SSSR count). The van der Waals surface area contributed by atoms with Crippen LogP contribution in [0, 0.1) is 0 Å². The first-order valence-electron chi connectivity index (χ1n) is 6.26. The van der Waals surface area contributed by atoms with Gasteiger partial charge in [-0.15, -0.1) is 0 Å². The third-order valence-corrected chi connectivity index (χ3v) is 6.17. The van der Waals surface area contributed by atoms with Gasteiger partial charge in [-0.25, -0.2) is 8.42 Å². The van der Waals surface area contributed by atoms with Crippen molar-refractivity contribution in [3.8, 4) is 0 Å². The van der Waals surface area contributed by atoms with E-state index in [-0.39, 0.29) is 12.2 Å². The molecule has 0 saturated heterocycles. The zero-order valence-electron chi connectivity index (χ0n) is 11.8. The molecule has 0 amide bonds. The molecular formula is C14H19ClO4S. The minimum atomic E-state index is -3.35. The Hall–Kier alpha value is -1.07. The summed E-state index contributed by atoms with van der Waals surface area (Å²) >= 11 is 5.99. The molecule has 1 atom stereocenters. The van der Waals surface area contributed by atoms with E-state index in [1.54, 1.807) is 45.0 Å².